The van der Waals surface area contributed by atoms with Crippen LogP contribution in [0.1, 0.15) is 23.7 Å². The zero-order valence-corrected chi connectivity index (χ0v) is 11.6. The van der Waals surface area contributed by atoms with Crippen LogP contribution in [0.25, 0.3) is 0 Å². The van der Waals surface area contributed by atoms with Gasteiger partial charge < -0.3 is 14.4 Å². The molecule has 0 saturated carbocycles. The minimum atomic E-state index is -0.0398. The third-order valence-electron chi connectivity index (χ3n) is 3.22. The van der Waals surface area contributed by atoms with E-state index in [4.69, 9.17) is 9.47 Å². The quantitative estimate of drug-likeness (QED) is 0.766. The smallest absolute Gasteiger partial charge is 0.260 e. The Bertz CT molecular complexity index is 463. The molecule has 1 heterocycles. The third kappa shape index (κ3) is 3.81. The molecule has 5 heteroatoms. The van der Waals surface area contributed by atoms with Crippen molar-refractivity contribution >= 4 is 11.7 Å². The summed E-state index contributed by atoms with van der Waals surface area (Å²) in [7, 11) is 0. The number of benzene rings is 1. The van der Waals surface area contributed by atoms with Gasteiger partial charge in [-0.1, -0.05) is 6.92 Å². The van der Waals surface area contributed by atoms with Crippen LogP contribution in [0.5, 0.6) is 5.75 Å². The lowest BCUT2D eigenvalue weighted by molar-refractivity contribution is -0.137. The number of hydrogen-bond acceptors (Lipinski definition) is 4. The van der Waals surface area contributed by atoms with Crippen molar-refractivity contribution in [3.8, 4) is 5.75 Å². The first kappa shape index (κ1) is 14.5. The molecule has 0 aliphatic carbocycles. The SMILES string of the molecule is CCC(=O)c1ccc(OCC(=O)N2CCOCC2)cc1. The van der Waals surface area contributed by atoms with Crippen LogP contribution in [0.4, 0.5) is 0 Å². The first-order valence-corrected chi connectivity index (χ1v) is 6.82. The fraction of sp³-hybridized carbons (Fsp3) is 0.467. The molecule has 20 heavy (non-hydrogen) atoms. The van der Waals surface area contributed by atoms with E-state index in [1.54, 1.807) is 29.2 Å². The molecule has 1 aromatic carbocycles. The Morgan fingerprint density at radius 2 is 1.85 bits per heavy atom. The predicted molar refractivity (Wildman–Crippen MR) is 74.0 cm³/mol. The second-order valence-electron chi connectivity index (χ2n) is 4.58. The summed E-state index contributed by atoms with van der Waals surface area (Å²) in [5.41, 5.74) is 0.666. The highest BCUT2D eigenvalue weighted by Gasteiger charge is 2.17. The van der Waals surface area contributed by atoms with E-state index >= 15 is 0 Å². The number of ether oxygens (including phenoxy) is 2. The summed E-state index contributed by atoms with van der Waals surface area (Å²) in [4.78, 5) is 25.1. The Balaban J connectivity index is 1.84. The molecule has 1 aliphatic rings. The van der Waals surface area contributed by atoms with E-state index < -0.39 is 0 Å². The summed E-state index contributed by atoms with van der Waals surface area (Å²) in [5.74, 6) is 0.655. The van der Waals surface area contributed by atoms with Crippen molar-refractivity contribution in [1.29, 1.82) is 0 Å². The Morgan fingerprint density at radius 1 is 1.20 bits per heavy atom. The maximum absolute atomic E-state index is 11.9. The molecule has 1 saturated heterocycles. The van der Waals surface area contributed by atoms with Crippen LogP contribution in [-0.4, -0.2) is 49.5 Å². The van der Waals surface area contributed by atoms with Gasteiger partial charge in [0.25, 0.3) is 5.91 Å². The monoisotopic (exact) mass is 277 g/mol. The van der Waals surface area contributed by atoms with Crippen LogP contribution in [0, 0.1) is 0 Å². The number of Topliss-reactive ketones (excluding diaryl/α,β-unsaturated/α-hetero) is 1. The molecule has 0 radical (unpaired) electrons. The van der Waals surface area contributed by atoms with Gasteiger partial charge in [0.05, 0.1) is 13.2 Å². The largest absolute Gasteiger partial charge is 0.484 e. The summed E-state index contributed by atoms with van der Waals surface area (Å²) in [6.07, 6.45) is 0.482. The number of hydrogen-bond donors (Lipinski definition) is 0. The van der Waals surface area contributed by atoms with E-state index in [2.05, 4.69) is 0 Å². The molecular formula is C15H19NO4. The fourth-order valence-electron chi connectivity index (χ4n) is 1.99. The standard InChI is InChI=1S/C15H19NO4/c1-2-14(17)12-3-5-13(6-4-12)20-11-15(18)16-7-9-19-10-8-16/h3-6H,2,7-11H2,1H3. The Kier molecular flexibility index (Phi) is 5.12. The van der Waals surface area contributed by atoms with Crippen molar-refractivity contribution in [1.82, 2.24) is 4.90 Å². The number of carbonyl (C=O) groups is 2. The van der Waals surface area contributed by atoms with Gasteiger partial charge in [0, 0.05) is 25.1 Å². The average molecular weight is 277 g/mol. The van der Waals surface area contributed by atoms with Gasteiger partial charge in [0.1, 0.15) is 5.75 Å². The van der Waals surface area contributed by atoms with Crippen LogP contribution >= 0.6 is 0 Å². The third-order valence-corrected chi connectivity index (χ3v) is 3.22. The predicted octanol–water partition coefficient (Wildman–Crippen LogP) is 1.52. The number of rotatable bonds is 5. The summed E-state index contributed by atoms with van der Waals surface area (Å²) in [5, 5.41) is 0. The van der Waals surface area contributed by atoms with E-state index in [1.165, 1.54) is 0 Å². The van der Waals surface area contributed by atoms with Crippen LogP contribution in [-0.2, 0) is 9.53 Å². The van der Waals surface area contributed by atoms with E-state index in [-0.39, 0.29) is 18.3 Å². The molecule has 108 valence electrons. The Hall–Kier alpha value is -1.88. The molecule has 0 atom stereocenters. The minimum Gasteiger partial charge on any atom is -0.484 e. The molecule has 0 aromatic heterocycles. The average Bonchev–Trinajstić information content (AvgIpc) is 2.53. The molecule has 0 bridgehead atoms. The maximum atomic E-state index is 11.9. The number of amides is 1. The second kappa shape index (κ2) is 7.05. The van der Waals surface area contributed by atoms with Gasteiger partial charge in [0.2, 0.25) is 0 Å². The van der Waals surface area contributed by atoms with E-state index in [9.17, 15) is 9.59 Å². The molecule has 1 aliphatic heterocycles. The van der Waals surface area contributed by atoms with Gasteiger partial charge in [-0.2, -0.15) is 0 Å². The maximum Gasteiger partial charge on any atom is 0.260 e. The molecule has 0 unspecified atom stereocenters. The molecule has 0 N–H and O–H groups in total. The molecule has 2 rings (SSSR count). The van der Waals surface area contributed by atoms with Crippen molar-refractivity contribution < 1.29 is 19.1 Å². The summed E-state index contributed by atoms with van der Waals surface area (Å²) in [6, 6.07) is 6.88. The summed E-state index contributed by atoms with van der Waals surface area (Å²) >= 11 is 0. The Morgan fingerprint density at radius 3 is 2.45 bits per heavy atom. The zero-order valence-electron chi connectivity index (χ0n) is 11.6. The molecule has 1 fully saturated rings. The van der Waals surface area contributed by atoms with Gasteiger partial charge in [0.15, 0.2) is 12.4 Å². The fourth-order valence-corrected chi connectivity index (χ4v) is 1.99. The lowest BCUT2D eigenvalue weighted by atomic mass is 10.1. The lowest BCUT2D eigenvalue weighted by Crippen LogP contribution is -2.42. The Labute approximate surface area is 118 Å². The molecule has 0 spiro atoms. The summed E-state index contributed by atoms with van der Waals surface area (Å²) in [6.45, 7) is 4.24. The molecular weight excluding hydrogens is 258 g/mol. The van der Waals surface area contributed by atoms with Crippen LogP contribution < -0.4 is 4.74 Å². The van der Waals surface area contributed by atoms with E-state index in [0.717, 1.165) is 0 Å². The first-order valence-electron chi connectivity index (χ1n) is 6.82. The van der Waals surface area contributed by atoms with E-state index in [1.807, 2.05) is 6.92 Å². The number of nitrogens with zero attached hydrogens (tertiary/aromatic N) is 1. The highest BCUT2D eigenvalue weighted by molar-refractivity contribution is 5.95. The highest BCUT2D eigenvalue weighted by atomic mass is 16.5. The van der Waals surface area contributed by atoms with Crippen LogP contribution in [0.3, 0.4) is 0 Å². The topological polar surface area (TPSA) is 55.8 Å². The molecule has 1 aromatic rings. The van der Waals surface area contributed by atoms with Crippen molar-refractivity contribution in [2.24, 2.45) is 0 Å². The van der Waals surface area contributed by atoms with Crippen molar-refractivity contribution in [2.75, 3.05) is 32.9 Å². The molecule has 1 amide bonds. The van der Waals surface area contributed by atoms with Gasteiger partial charge in [-0.25, -0.2) is 0 Å². The number of ketones is 1. The first-order chi connectivity index (χ1) is 9.70. The van der Waals surface area contributed by atoms with Crippen molar-refractivity contribution in [2.45, 2.75) is 13.3 Å². The highest BCUT2D eigenvalue weighted by Crippen LogP contribution is 2.13. The van der Waals surface area contributed by atoms with Crippen molar-refractivity contribution in [3.63, 3.8) is 0 Å². The van der Waals surface area contributed by atoms with Crippen molar-refractivity contribution in [3.05, 3.63) is 29.8 Å². The normalized spacial score (nSPS) is 14.9. The number of morpholine rings is 1. The minimum absolute atomic E-state index is 0.0150. The van der Waals surface area contributed by atoms with Gasteiger partial charge in [-0.05, 0) is 24.3 Å². The van der Waals surface area contributed by atoms with Gasteiger partial charge in [-0.3, -0.25) is 9.59 Å². The zero-order chi connectivity index (χ0) is 14.4. The summed E-state index contributed by atoms with van der Waals surface area (Å²) < 4.78 is 10.6. The van der Waals surface area contributed by atoms with Crippen LogP contribution in [0.15, 0.2) is 24.3 Å². The second-order valence-corrected chi connectivity index (χ2v) is 4.58. The molecule has 5 nitrogen and oxygen atoms in total. The number of carbonyl (C=O) groups excluding carboxylic acids is 2. The van der Waals surface area contributed by atoms with Crippen LogP contribution in [0.2, 0.25) is 0 Å². The van der Waals surface area contributed by atoms with Gasteiger partial charge in [-0.15, -0.1) is 0 Å². The van der Waals surface area contributed by atoms with E-state index in [0.29, 0.717) is 44.0 Å². The van der Waals surface area contributed by atoms with Gasteiger partial charge >= 0.3 is 0 Å². The lowest BCUT2D eigenvalue weighted by Gasteiger charge is -2.26.